The molecule has 0 spiro atoms. The molecule has 20 heavy (non-hydrogen) atoms. The van der Waals surface area contributed by atoms with Crippen molar-refractivity contribution >= 4 is 0 Å². The zero-order valence-electron chi connectivity index (χ0n) is 10.7. The van der Waals surface area contributed by atoms with Gasteiger partial charge in [-0.15, -0.1) is 0 Å². The molecule has 0 aliphatic carbocycles. The molecule has 2 aromatic rings. The molecule has 0 bridgehead atoms. The predicted octanol–water partition coefficient (Wildman–Crippen LogP) is 3.32. The van der Waals surface area contributed by atoms with Crippen LogP contribution in [0.2, 0.25) is 0 Å². The van der Waals surface area contributed by atoms with Crippen molar-refractivity contribution in [2.45, 2.75) is 25.1 Å². The number of aromatic nitrogens is 2. The van der Waals surface area contributed by atoms with Gasteiger partial charge in [0.05, 0.1) is 23.8 Å². The molecule has 1 aliphatic rings. The lowest BCUT2D eigenvalue weighted by Gasteiger charge is -2.15. The van der Waals surface area contributed by atoms with Crippen LogP contribution in [0.1, 0.15) is 30.1 Å². The third-order valence-electron chi connectivity index (χ3n) is 3.54. The van der Waals surface area contributed by atoms with Crippen molar-refractivity contribution in [2.75, 3.05) is 6.54 Å². The summed E-state index contributed by atoms with van der Waals surface area (Å²) in [6.45, 7) is 0.929. The predicted molar refractivity (Wildman–Crippen MR) is 68.5 cm³/mol. The highest BCUT2D eigenvalue weighted by atomic mass is 19.4. The van der Waals surface area contributed by atoms with Crippen molar-refractivity contribution in [2.24, 2.45) is 0 Å². The Morgan fingerprint density at radius 1 is 1.30 bits per heavy atom. The molecule has 1 aromatic heterocycles. The molecule has 1 N–H and O–H groups in total. The Labute approximate surface area is 114 Å². The van der Waals surface area contributed by atoms with E-state index in [1.54, 1.807) is 23.2 Å². The standard InChI is InChI=1S/C14H14F3N3/c15-14(16,17)10-3-1-4-11(7-10)20-9-18-8-13(20)12-5-2-6-19-12/h1,3-4,7-9,12,19H,2,5-6H2. The molecule has 1 aromatic carbocycles. The van der Waals surface area contributed by atoms with Gasteiger partial charge in [0.1, 0.15) is 0 Å². The van der Waals surface area contributed by atoms with Crippen LogP contribution in [0, 0.1) is 0 Å². The van der Waals surface area contributed by atoms with Crippen LogP contribution < -0.4 is 5.32 Å². The molecule has 0 radical (unpaired) electrons. The molecule has 106 valence electrons. The van der Waals surface area contributed by atoms with Gasteiger partial charge in [-0.3, -0.25) is 0 Å². The topological polar surface area (TPSA) is 29.9 Å². The lowest BCUT2D eigenvalue weighted by molar-refractivity contribution is -0.137. The summed E-state index contributed by atoms with van der Waals surface area (Å²) in [4.78, 5) is 4.08. The molecular weight excluding hydrogens is 267 g/mol. The van der Waals surface area contributed by atoms with Crippen LogP contribution in [0.5, 0.6) is 0 Å². The molecule has 2 heterocycles. The molecule has 1 saturated heterocycles. The van der Waals surface area contributed by atoms with Gasteiger partial charge in [-0.05, 0) is 37.6 Å². The van der Waals surface area contributed by atoms with Gasteiger partial charge < -0.3 is 9.88 Å². The molecular formula is C14H14F3N3. The number of nitrogens with zero attached hydrogens (tertiary/aromatic N) is 2. The zero-order chi connectivity index (χ0) is 14.2. The SMILES string of the molecule is FC(F)(F)c1cccc(-n2cncc2C2CCCN2)c1. The number of halogens is 3. The van der Waals surface area contributed by atoms with Crippen LogP contribution in [0.25, 0.3) is 5.69 Å². The van der Waals surface area contributed by atoms with Gasteiger partial charge in [0, 0.05) is 11.7 Å². The maximum absolute atomic E-state index is 12.8. The molecule has 3 nitrogen and oxygen atoms in total. The monoisotopic (exact) mass is 281 g/mol. The molecule has 0 saturated carbocycles. The quantitative estimate of drug-likeness (QED) is 0.915. The van der Waals surface area contributed by atoms with Crippen LogP contribution in [-0.2, 0) is 6.18 Å². The maximum atomic E-state index is 12.8. The van der Waals surface area contributed by atoms with E-state index in [4.69, 9.17) is 0 Å². The summed E-state index contributed by atoms with van der Waals surface area (Å²) in [5.74, 6) is 0. The molecule has 1 unspecified atom stereocenters. The molecule has 1 aliphatic heterocycles. The van der Waals surface area contributed by atoms with Crippen molar-refractivity contribution in [1.29, 1.82) is 0 Å². The van der Waals surface area contributed by atoms with Crippen molar-refractivity contribution in [3.63, 3.8) is 0 Å². The molecule has 1 atom stereocenters. The van der Waals surface area contributed by atoms with E-state index in [0.29, 0.717) is 5.69 Å². The van der Waals surface area contributed by atoms with Crippen LogP contribution in [0.3, 0.4) is 0 Å². The second-order valence-corrected chi connectivity index (χ2v) is 4.89. The van der Waals surface area contributed by atoms with Gasteiger partial charge >= 0.3 is 6.18 Å². The Kier molecular flexibility index (Phi) is 3.25. The Morgan fingerprint density at radius 3 is 2.85 bits per heavy atom. The summed E-state index contributed by atoms with van der Waals surface area (Å²) in [7, 11) is 0. The first-order chi connectivity index (χ1) is 9.55. The van der Waals surface area contributed by atoms with E-state index in [0.717, 1.165) is 37.2 Å². The summed E-state index contributed by atoms with van der Waals surface area (Å²) < 4.78 is 40.0. The summed E-state index contributed by atoms with van der Waals surface area (Å²) in [5, 5.41) is 3.33. The first-order valence-electron chi connectivity index (χ1n) is 6.49. The van der Waals surface area contributed by atoms with Gasteiger partial charge in [-0.2, -0.15) is 13.2 Å². The average Bonchev–Trinajstić information content (AvgIpc) is 3.08. The van der Waals surface area contributed by atoms with Crippen molar-refractivity contribution < 1.29 is 13.2 Å². The summed E-state index contributed by atoms with van der Waals surface area (Å²) >= 11 is 0. The lowest BCUT2D eigenvalue weighted by atomic mass is 10.1. The number of rotatable bonds is 2. The number of alkyl halides is 3. The fourth-order valence-corrected chi connectivity index (χ4v) is 2.55. The summed E-state index contributed by atoms with van der Waals surface area (Å²) in [5.41, 5.74) is 0.747. The third kappa shape index (κ3) is 2.43. The van der Waals surface area contributed by atoms with E-state index >= 15 is 0 Å². The average molecular weight is 281 g/mol. The zero-order valence-corrected chi connectivity index (χ0v) is 10.7. The summed E-state index contributed by atoms with van der Waals surface area (Å²) in [6, 6.07) is 5.47. The number of hydrogen-bond donors (Lipinski definition) is 1. The first-order valence-corrected chi connectivity index (χ1v) is 6.49. The highest BCUT2D eigenvalue weighted by Gasteiger charge is 2.30. The van der Waals surface area contributed by atoms with E-state index in [-0.39, 0.29) is 6.04 Å². The van der Waals surface area contributed by atoms with E-state index in [1.165, 1.54) is 6.07 Å². The molecule has 6 heteroatoms. The normalized spacial score (nSPS) is 19.4. The first kappa shape index (κ1) is 13.2. The van der Waals surface area contributed by atoms with E-state index in [9.17, 15) is 13.2 Å². The van der Waals surface area contributed by atoms with Crippen LogP contribution in [-0.4, -0.2) is 16.1 Å². The number of nitrogens with one attached hydrogen (secondary N) is 1. The highest BCUT2D eigenvalue weighted by molar-refractivity contribution is 5.39. The minimum Gasteiger partial charge on any atom is -0.309 e. The van der Waals surface area contributed by atoms with E-state index in [1.807, 2.05) is 0 Å². The van der Waals surface area contributed by atoms with Crippen molar-refractivity contribution in [3.05, 3.63) is 48.0 Å². The second-order valence-electron chi connectivity index (χ2n) is 4.89. The van der Waals surface area contributed by atoms with Gasteiger partial charge in [-0.25, -0.2) is 4.98 Å². The van der Waals surface area contributed by atoms with E-state index in [2.05, 4.69) is 10.3 Å². The molecule has 1 fully saturated rings. The molecule has 0 amide bonds. The Balaban J connectivity index is 1.99. The fourth-order valence-electron chi connectivity index (χ4n) is 2.55. The van der Waals surface area contributed by atoms with Gasteiger partial charge in [0.25, 0.3) is 0 Å². The number of hydrogen-bond acceptors (Lipinski definition) is 2. The molecule has 3 rings (SSSR count). The van der Waals surface area contributed by atoms with Gasteiger partial charge in [-0.1, -0.05) is 6.07 Å². The summed E-state index contributed by atoms with van der Waals surface area (Å²) in [6.07, 6.45) is 0.986. The van der Waals surface area contributed by atoms with Crippen molar-refractivity contribution in [3.8, 4) is 5.69 Å². The lowest BCUT2D eigenvalue weighted by Crippen LogP contribution is -2.16. The number of imidazole rings is 1. The fraction of sp³-hybridized carbons (Fsp3) is 0.357. The Hall–Kier alpha value is -1.82. The second kappa shape index (κ2) is 4.94. The van der Waals surface area contributed by atoms with Crippen LogP contribution >= 0.6 is 0 Å². The highest BCUT2D eigenvalue weighted by Crippen LogP contribution is 2.31. The Morgan fingerprint density at radius 2 is 2.15 bits per heavy atom. The van der Waals surface area contributed by atoms with Crippen LogP contribution in [0.4, 0.5) is 13.2 Å². The van der Waals surface area contributed by atoms with Gasteiger partial charge in [0.15, 0.2) is 0 Å². The minimum absolute atomic E-state index is 0.159. The largest absolute Gasteiger partial charge is 0.416 e. The minimum atomic E-state index is -4.33. The van der Waals surface area contributed by atoms with Gasteiger partial charge in [0.2, 0.25) is 0 Å². The van der Waals surface area contributed by atoms with Crippen LogP contribution in [0.15, 0.2) is 36.8 Å². The third-order valence-corrected chi connectivity index (χ3v) is 3.54. The van der Waals surface area contributed by atoms with E-state index < -0.39 is 11.7 Å². The maximum Gasteiger partial charge on any atom is 0.416 e. The smallest absolute Gasteiger partial charge is 0.309 e. The number of benzene rings is 1. The Bertz CT molecular complexity index is 598. The van der Waals surface area contributed by atoms with Crippen molar-refractivity contribution in [1.82, 2.24) is 14.9 Å².